The molecule has 4 nitrogen and oxygen atoms in total. The molecular formula is C20H15ClFNO3. The summed E-state index contributed by atoms with van der Waals surface area (Å²) >= 11 is 6.20. The Morgan fingerprint density at radius 3 is 2.58 bits per heavy atom. The molecule has 2 aliphatic rings. The van der Waals surface area contributed by atoms with Gasteiger partial charge in [-0.25, -0.2) is 9.18 Å². The molecule has 0 aromatic heterocycles. The van der Waals surface area contributed by atoms with Gasteiger partial charge in [0.15, 0.2) is 0 Å². The molecule has 2 aliphatic heterocycles. The monoisotopic (exact) mass is 371 g/mol. The van der Waals surface area contributed by atoms with Crippen LogP contribution in [0.2, 0.25) is 5.02 Å². The molecular weight excluding hydrogens is 357 g/mol. The molecule has 0 spiro atoms. The lowest BCUT2D eigenvalue weighted by Gasteiger charge is -2.32. The maximum absolute atomic E-state index is 13.2. The number of amides is 1. The van der Waals surface area contributed by atoms with Crippen LogP contribution in [0.4, 0.5) is 10.1 Å². The van der Waals surface area contributed by atoms with Gasteiger partial charge >= 0.3 is 5.97 Å². The van der Waals surface area contributed by atoms with Gasteiger partial charge in [-0.1, -0.05) is 29.8 Å². The predicted molar refractivity (Wildman–Crippen MR) is 95.4 cm³/mol. The van der Waals surface area contributed by atoms with Crippen molar-refractivity contribution in [3.8, 4) is 0 Å². The van der Waals surface area contributed by atoms with Gasteiger partial charge in [-0.05, 0) is 42.3 Å². The molecule has 26 heavy (non-hydrogen) atoms. The van der Waals surface area contributed by atoms with E-state index >= 15 is 0 Å². The number of cyclic esters (lactones) is 1. The number of anilines is 1. The molecule has 1 amide bonds. The highest BCUT2D eigenvalue weighted by molar-refractivity contribution is 6.31. The summed E-state index contributed by atoms with van der Waals surface area (Å²) in [4.78, 5) is 26.7. The summed E-state index contributed by atoms with van der Waals surface area (Å²) < 4.78 is 18.5. The molecule has 1 atom stereocenters. The third-order valence-corrected chi connectivity index (χ3v) is 5.21. The van der Waals surface area contributed by atoms with Crippen LogP contribution in [0.3, 0.4) is 0 Å². The van der Waals surface area contributed by atoms with Crippen LogP contribution in [-0.2, 0) is 14.3 Å². The molecule has 0 fully saturated rings. The Balaban J connectivity index is 1.82. The van der Waals surface area contributed by atoms with E-state index in [1.807, 2.05) is 13.0 Å². The van der Waals surface area contributed by atoms with Crippen molar-refractivity contribution in [3.63, 3.8) is 0 Å². The fourth-order valence-electron chi connectivity index (χ4n) is 3.45. The summed E-state index contributed by atoms with van der Waals surface area (Å²) in [5, 5.41) is 0.545. The molecule has 0 bridgehead atoms. The molecule has 0 radical (unpaired) electrons. The minimum Gasteiger partial charge on any atom is -0.456 e. The zero-order valence-corrected chi connectivity index (χ0v) is 14.7. The van der Waals surface area contributed by atoms with Gasteiger partial charge < -0.3 is 4.74 Å². The fourth-order valence-corrected chi connectivity index (χ4v) is 3.63. The lowest BCUT2D eigenvalue weighted by molar-refractivity contribution is -0.136. The molecule has 0 N–H and O–H groups in total. The van der Waals surface area contributed by atoms with Crippen molar-refractivity contribution in [2.45, 2.75) is 19.3 Å². The van der Waals surface area contributed by atoms with E-state index in [1.165, 1.54) is 17.0 Å². The number of aryl methyl sites for hydroxylation is 1. The van der Waals surface area contributed by atoms with Gasteiger partial charge in [0, 0.05) is 17.4 Å². The molecule has 0 saturated carbocycles. The standard InChI is InChI=1S/C20H15ClFNO3/c1-11-2-7-14(8-16(11)21)23-17-10-26-20(25)19(17)15(9-18(23)24)12-3-5-13(22)6-4-12/h2-8,15H,9-10H2,1H3. The van der Waals surface area contributed by atoms with E-state index in [0.29, 0.717) is 27.5 Å². The maximum Gasteiger partial charge on any atom is 0.336 e. The first-order valence-corrected chi connectivity index (χ1v) is 8.58. The molecule has 0 aliphatic carbocycles. The second-order valence-electron chi connectivity index (χ2n) is 6.41. The van der Waals surface area contributed by atoms with E-state index in [1.54, 1.807) is 24.3 Å². The summed E-state index contributed by atoms with van der Waals surface area (Å²) in [6.07, 6.45) is 0.102. The number of ether oxygens (including phenoxy) is 1. The Labute approximate surface area is 154 Å². The maximum atomic E-state index is 13.2. The van der Waals surface area contributed by atoms with E-state index in [0.717, 1.165) is 5.56 Å². The molecule has 132 valence electrons. The van der Waals surface area contributed by atoms with Crippen molar-refractivity contribution >= 4 is 29.2 Å². The number of carbonyl (C=O) groups excluding carboxylic acids is 2. The molecule has 1 unspecified atom stereocenters. The smallest absolute Gasteiger partial charge is 0.336 e. The third kappa shape index (κ3) is 2.69. The Hall–Kier alpha value is -2.66. The van der Waals surface area contributed by atoms with Gasteiger partial charge in [-0.3, -0.25) is 9.69 Å². The highest BCUT2D eigenvalue weighted by atomic mass is 35.5. The number of benzene rings is 2. The Morgan fingerprint density at radius 2 is 1.88 bits per heavy atom. The van der Waals surface area contributed by atoms with Crippen molar-refractivity contribution in [2.24, 2.45) is 0 Å². The molecule has 0 saturated heterocycles. The van der Waals surface area contributed by atoms with Crippen LogP contribution < -0.4 is 4.90 Å². The van der Waals surface area contributed by atoms with Crippen LogP contribution in [0.1, 0.15) is 23.5 Å². The minimum atomic E-state index is -0.440. The summed E-state index contributed by atoms with van der Waals surface area (Å²) in [6, 6.07) is 11.2. The van der Waals surface area contributed by atoms with E-state index in [9.17, 15) is 14.0 Å². The Kier molecular flexibility index (Phi) is 4.04. The second-order valence-corrected chi connectivity index (χ2v) is 6.81. The van der Waals surface area contributed by atoms with Crippen molar-refractivity contribution in [2.75, 3.05) is 11.5 Å². The molecule has 2 aromatic carbocycles. The first-order valence-electron chi connectivity index (χ1n) is 8.20. The molecule has 4 rings (SSSR count). The molecule has 2 aromatic rings. The number of nitrogens with zero attached hydrogens (tertiary/aromatic N) is 1. The van der Waals surface area contributed by atoms with Crippen molar-refractivity contribution in [1.82, 2.24) is 0 Å². The largest absolute Gasteiger partial charge is 0.456 e. The van der Waals surface area contributed by atoms with Crippen LogP contribution >= 0.6 is 11.6 Å². The second kappa shape index (κ2) is 6.25. The van der Waals surface area contributed by atoms with Gasteiger partial charge in [0.05, 0.1) is 17.0 Å². The zero-order valence-electron chi connectivity index (χ0n) is 14.0. The first-order chi connectivity index (χ1) is 12.5. The SMILES string of the molecule is Cc1ccc(N2C(=O)CC(c3ccc(F)cc3)C3=C2COC3=O)cc1Cl. The number of carbonyl (C=O) groups is 2. The molecule has 2 heterocycles. The Bertz CT molecular complexity index is 952. The number of esters is 1. The van der Waals surface area contributed by atoms with Crippen LogP contribution in [0, 0.1) is 12.7 Å². The van der Waals surface area contributed by atoms with Gasteiger partial charge in [0.2, 0.25) is 5.91 Å². The highest BCUT2D eigenvalue weighted by Gasteiger charge is 2.43. The van der Waals surface area contributed by atoms with Crippen LogP contribution in [0.5, 0.6) is 0 Å². The van der Waals surface area contributed by atoms with Crippen LogP contribution in [0.15, 0.2) is 53.7 Å². The van der Waals surface area contributed by atoms with Crippen molar-refractivity contribution in [1.29, 1.82) is 0 Å². The van der Waals surface area contributed by atoms with Crippen LogP contribution in [-0.4, -0.2) is 18.5 Å². The summed E-state index contributed by atoms with van der Waals surface area (Å²) in [6.45, 7) is 1.91. The quantitative estimate of drug-likeness (QED) is 0.746. The highest BCUT2D eigenvalue weighted by Crippen LogP contribution is 2.42. The van der Waals surface area contributed by atoms with Crippen molar-refractivity contribution < 1.29 is 18.7 Å². The summed E-state index contributed by atoms with van der Waals surface area (Å²) in [5.41, 5.74) is 3.20. The zero-order chi connectivity index (χ0) is 18.4. The van der Waals surface area contributed by atoms with E-state index in [-0.39, 0.29) is 24.8 Å². The molecule has 6 heteroatoms. The van der Waals surface area contributed by atoms with Gasteiger partial charge in [0.25, 0.3) is 0 Å². The number of hydrogen-bond donors (Lipinski definition) is 0. The van der Waals surface area contributed by atoms with E-state index in [4.69, 9.17) is 16.3 Å². The number of hydrogen-bond acceptors (Lipinski definition) is 3. The minimum absolute atomic E-state index is 0.0309. The van der Waals surface area contributed by atoms with Crippen molar-refractivity contribution in [3.05, 3.63) is 75.7 Å². The van der Waals surface area contributed by atoms with Gasteiger partial charge in [0.1, 0.15) is 12.4 Å². The Morgan fingerprint density at radius 1 is 1.15 bits per heavy atom. The number of halogens is 2. The van der Waals surface area contributed by atoms with Crippen LogP contribution in [0.25, 0.3) is 0 Å². The normalized spacial score (nSPS) is 19.7. The van der Waals surface area contributed by atoms with Gasteiger partial charge in [-0.2, -0.15) is 0 Å². The van der Waals surface area contributed by atoms with E-state index < -0.39 is 11.9 Å². The number of rotatable bonds is 2. The predicted octanol–water partition coefficient (Wildman–Crippen LogP) is 4.12. The average Bonchev–Trinajstić information content (AvgIpc) is 2.99. The first kappa shape index (κ1) is 16.8. The lowest BCUT2D eigenvalue weighted by Crippen LogP contribution is -2.37. The average molecular weight is 372 g/mol. The fraction of sp³-hybridized carbons (Fsp3) is 0.200. The van der Waals surface area contributed by atoms with Gasteiger partial charge in [-0.15, -0.1) is 0 Å². The third-order valence-electron chi connectivity index (χ3n) is 4.80. The topological polar surface area (TPSA) is 46.6 Å². The summed E-state index contributed by atoms with van der Waals surface area (Å²) in [7, 11) is 0. The lowest BCUT2D eigenvalue weighted by atomic mass is 9.84. The summed E-state index contributed by atoms with van der Waals surface area (Å²) in [5.74, 6) is -1.40. The van der Waals surface area contributed by atoms with E-state index in [2.05, 4.69) is 0 Å².